The number of alkyl halides is 3. The summed E-state index contributed by atoms with van der Waals surface area (Å²) in [4.78, 5) is 0. The Bertz CT molecular complexity index is 665. The van der Waals surface area contributed by atoms with Gasteiger partial charge in [0.15, 0.2) is 0 Å². The fourth-order valence-corrected chi connectivity index (χ4v) is 2.74. The average Bonchev–Trinajstić information content (AvgIpc) is 3.06. The van der Waals surface area contributed by atoms with Crippen LogP contribution in [0, 0.1) is 0 Å². The van der Waals surface area contributed by atoms with E-state index in [1.165, 1.54) is 12.1 Å². The number of hydrogen-bond acceptors (Lipinski definition) is 3. The van der Waals surface area contributed by atoms with Crippen LogP contribution in [0.25, 0.3) is 11.1 Å². The highest BCUT2D eigenvalue weighted by atomic mass is 19.4. The lowest BCUT2D eigenvalue weighted by molar-refractivity contribution is -0.274. The van der Waals surface area contributed by atoms with Gasteiger partial charge in [-0.25, -0.2) is 0 Å². The van der Waals surface area contributed by atoms with Crippen molar-refractivity contribution in [2.45, 2.75) is 25.5 Å². The Morgan fingerprint density at radius 2 is 1.79 bits per heavy atom. The first-order chi connectivity index (χ1) is 11.5. The Balaban J connectivity index is 1.73. The van der Waals surface area contributed by atoms with Crippen molar-refractivity contribution in [2.75, 3.05) is 13.1 Å². The summed E-state index contributed by atoms with van der Waals surface area (Å²) in [6, 6.07) is 13.6. The highest BCUT2D eigenvalue weighted by Crippen LogP contribution is 2.29. The first-order valence-corrected chi connectivity index (χ1v) is 7.78. The third-order valence-electron chi connectivity index (χ3n) is 3.91. The van der Waals surface area contributed by atoms with Gasteiger partial charge in [-0.05, 0) is 41.8 Å². The zero-order valence-corrected chi connectivity index (χ0v) is 13.0. The van der Waals surface area contributed by atoms with Crippen molar-refractivity contribution in [1.29, 1.82) is 0 Å². The minimum atomic E-state index is -4.68. The molecule has 6 heteroatoms. The molecule has 1 unspecified atom stereocenters. The molecule has 128 valence electrons. The van der Waals surface area contributed by atoms with Crippen molar-refractivity contribution in [3.8, 4) is 16.9 Å². The molecule has 0 spiro atoms. The lowest BCUT2D eigenvalue weighted by Gasteiger charge is -2.14. The topological polar surface area (TPSA) is 30.5 Å². The van der Waals surface area contributed by atoms with Crippen LogP contribution in [0.5, 0.6) is 5.75 Å². The van der Waals surface area contributed by atoms with Crippen LogP contribution in [-0.2, 0) is 11.3 Å². The first-order valence-electron chi connectivity index (χ1n) is 7.78. The molecule has 1 saturated heterocycles. The van der Waals surface area contributed by atoms with Gasteiger partial charge in [-0.15, -0.1) is 13.2 Å². The molecule has 0 aromatic heterocycles. The summed E-state index contributed by atoms with van der Waals surface area (Å²) in [5, 5.41) is 3.25. The van der Waals surface area contributed by atoms with Crippen molar-refractivity contribution >= 4 is 0 Å². The van der Waals surface area contributed by atoms with Crippen molar-refractivity contribution in [3.05, 3.63) is 54.1 Å². The summed E-state index contributed by atoms with van der Waals surface area (Å²) in [6.07, 6.45) is -3.48. The molecule has 1 atom stereocenters. The molecule has 0 aliphatic carbocycles. The zero-order valence-electron chi connectivity index (χ0n) is 13.0. The molecule has 3 nitrogen and oxygen atoms in total. The summed E-state index contributed by atoms with van der Waals surface area (Å²) in [7, 11) is 0. The van der Waals surface area contributed by atoms with Gasteiger partial charge in [-0.2, -0.15) is 0 Å². The lowest BCUT2D eigenvalue weighted by Crippen LogP contribution is -2.17. The molecule has 24 heavy (non-hydrogen) atoms. The van der Waals surface area contributed by atoms with Crippen LogP contribution < -0.4 is 10.1 Å². The van der Waals surface area contributed by atoms with Crippen LogP contribution in [0.1, 0.15) is 12.0 Å². The van der Waals surface area contributed by atoms with Crippen LogP contribution in [0.3, 0.4) is 0 Å². The van der Waals surface area contributed by atoms with E-state index in [0.717, 1.165) is 36.2 Å². The van der Waals surface area contributed by atoms with Gasteiger partial charge in [0.2, 0.25) is 0 Å². The molecular formula is C18H18F3NO2. The first kappa shape index (κ1) is 16.8. The zero-order chi connectivity index (χ0) is 17.0. The van der Waals surface area contributed by atoms with Crippen molar-refractivity contribution in [2.24, 2.45) is 0 Å². The quantitative estimate of drug-likeness (QED) is 0.890. The lowest BCUT2D eigenvalue weighted by atomic mass is 10.00. The Hall–Kier alpha value is -2.05. The van der Waals surface area contributed by atoms with E-state index in [4.69, 9.17) is 4.74 Å². The van der Waals surface area contributed by atoms with E-state index in [-0.39, 0.29) is 11.9 Å². The van der Waals surface area contributed by atoms with Crippen LogP contribution in [0.15, 0.2) is 48.5 Å². The highest BCUT2D eigenvalue weighted by molar-refractivity contribution is 5.67. The number of nitrogens with one attached hydrogen (secondary N) is 1. The van der Waals surface area contributed by atoms with Crippen LogP contribution >= 0.6 is 0 Å². The monoisotopic (exact) mass is 337 g/mol. The largest absolute Gasteiger partial charge is 0.573 e. The predicted octanol–water partition coefficient (Wildman–Crippen LogP) is 4.13. The summed E-state index contributed by atoms with van der Waals surface area (Å²) >= 11 is 0. The molecule has 3 rings (SSSR count). The maximum absolute atomic E-state index is 12.2. The van der Waals surface area contributed by atoms with E-state index in [2.05, 4.69) is 10.1 Å². The SMILES string of the molecule is FC(F)(F)Oc1ccc(-c2ccccc2COC2CCNC2)cc1. The molecule has 2 aromatic carbocycles. The third-order valence-corrected chi connectivity index (χ3v) is 3.91. The van der Waals surface area contributed by atoms with Gasteiger partial charge >= 0.3 is 6.36 Å². The average molecular weight is 337 g/mol. The fourth-order valence-electron chi connectivity index (χ4n) is 2.74. The maximum Gasteiger partial charge on any atom is 0.573 e. The van der Waals surface area contributed by atoms with Gasteiger partial charge in [0.25, 0.3) is 0 Å². The standard InChI is InChI=1S/C18H18F3NO2/c19-18(20,21)24-15-7-5-13(6-8-15)17-4-2-1-3-14(17)12-23-16-9-10-22-11-16/h1-8,16,22H,9-12H2. The number of hydrogen-bond donors (Lipinski definition) is 1. The highest BCUT2D eigenvalue weighted by Gasteiger charge is 2.31. The van der Waals surface area contributed by atoms with Crippen LogP contribution in [0.4, 0.5) is 13.2 Å². The van der Waals surface area contributed by atoms with Gasteiger partial charge in [0.05, 0.1) is 12.7 Å². The Kier molecular flexibility index (Phi) is 5.06. The molecule has 0 amide bonds. The maximum atomic E-state index is 12.2. The molecule has 0 saturated carbocycles. The Labute approximate surface area is 138 Å². The summed E-state index contributed by atoms with van der Waals surface area (Å²) in [6.45, 7) is 2.29. The predicted molar refractivity (Wildman–Crippen MR) is 84.6 cm³/mol. The second-order valence-electron chi connectivity index (χ2n) is 5.66. The summed E-state index contributed by atoms with van der Waals surface area (Å²) < 4.78 is 46.5. The van der Waals surface area contributed by atoms with Gasteiger partial charge in [0, 0.05) is 6.54 Å². The second kappa shape index (κ2) is 7.23. The third kappa shape index (κ3) is 4.49. The van der Waals surface area contributed by atoms with Gasteiger partial charge < -0.3 is 14.8 Å². The molecule has 2 aromatic rings. The van der Waals surface area contributed by atoms with E-state index in [9.17, 15) is 13.2 Å². The number of rotatable bonds is 5. The van der Waals surface area contributed by atoms with E-state index >= 15 is 0 Å². The fraction of sp³-hybridized carbons (Fsp3) is 0.333. The molecule has 1 aliphatic rings. The Morgan fingerprint density at radius 1 is 1.04 bits per heavy atom. The molecular weight excluding hydrogens is 319 g/mol. The van der Waals surface area contributed by atoms with Crippen molar-refractivity contribution < 1.29 is 22.6 Å². The second-order valence-corrected chi connectivity index (χ2v) is 5.66. The minimum absolute atomic E-state index is 0.209. The van der Waals surface area contributed by atoms with Crippen LogP contribution in [0.2, 0.25) is 0 Å². The van der Waals surface area contributed by atoms with E-state index in [1.54, 1.807) is 12.1 Å². The molecule has 1 heterocycles. The molecule has 1 fully saturated rings. The summed E-state index contributed by atoms with van der Waals surface area (Å²) in [5.41, 5.74) is 2.78. The van der Waals surface area contributed by atoms with Gasteiger partial charge in [0.1, 0.15) is 5.75 Å². The van der Waals surface area contributed by atoms with E-state index in [1.807, 2.05) is 24.3 Å². The number of ether oxygens (including phenoxy) is 2. The van der Waals surface area contributed by atoms with Crippen LogP contribution in [-0.4, -0.2) is 25.6 Å². The minimum Gasteiger partial charge on any atom is -0.406 e. The van der Waals surface area contributed by atoms with E-state index in [0.29, 0.717) is 6.61 Å². The molecule has 1 N–H and O–H groups in total. The summed E-state index contributed by atoms with van der Waals surface area (Å²) in [5.74, 6) is -0.225. The Morgan fingerprint density at radius 3 is 2.46 bits per heavy atom. The van der Waals surface area contributed by atoms with Crippen molar-refractivity contribution in [3.63, 3.8) is 0 Å². The van der Waals surface area contributed by atoms with Gasteiger partial charge in [-0.3, -0.25) is 0 Å². The van der Waals surface area contributed by atoms with Gasteiger partial charge in [-0.1, -0.05) is 36.4 Å². The van der Waals surface area contributed by atoms with E-state index < -0.39 is 6.36 Å². The normalized spacial score (nSPS) is 17.9. The number of halogens is 3. The number of benzene rings is 2. The molecule has 0 radical (unpaired) electrons. The smallest absolute Gasteiger partial charge is 0.406 e. The molecule has 1 aliphatic heterocycles. The van der Waals surface area contributed by atoms with Crippen molar-refractivity contribution in [1.82, 2.24) is 5.32 Å². The molecule has 0 bridgehead atoms.